The number of esters is 1. The van der Waals surface area contributed by atoms with Crippen molar-refractivity contribution in [2.45, 2.75) is 12.8 Å². The summed E-state index contributed by atoms with van der Waals surface area (Å²) in [6, 6.07) is 9.63. The zero-order valence-corrected chi connectivity index (χ0v) is 13.5. The Balaban J connectivity index is 2.30. The molecule has 2 heterocycles. The van der Waals surface area contributed by atoms with Crippen LogP contribution in [0.25, 0.3) is 0 Å². The Kier molecular flexibility index (Phi) is 3.87. The van der Waals surface area contributed by atoms with Gasteiger partial charge in [0.25, 0.3) is 0 Å². The number of anilines is 2. The van der Waals surface area contributed by atoms with Crippen molar-refractivity contribution >= 4 is 29.8 Å². The van der Waals surface area contributed by atoms with Crippen molar-refractivity contribution in [2.24, 2.45) is 0 Å². The second-order valence-electron chi connectivity index (χ2n) is 5.22. The van der Waals surface area contributed by atoms with Crippen LogP contribution < -0.4 is 11.1 Å². The summed E-state index contributed by atoms with van der Waals surface area (Å²) in [7, 11) is 1.36. The minimum absolute atomic E-state index is 0.287. The van der Waals surface area contributed by atoms with Crippen LogP contribution in [0.4, 0.5) is 11.6 Å². The van der Waals surface area contributed by atoms with E-state index in [2.05, 4.69) is 15.3 Å². The molecule has 0 aliphatic carbocycles. The normalized spacial score (nSPS) is 16.5. The first-order valence-electron chi connectivity index (χ1n) is 7.03. The van der Waals surface area contributed by atoms with Gasteiger partial charge in [0.1, 0.15) is 11.6 Å². The van der Waals surface area contributed by atoms with Gasteiger partial charge < -0.3 is 20.8 Å². The number of aromatic amines is 1. The molecule has 0 saturated carbocycles. The summed E-state index contributed by atoms with van der Waals surface area (Å²) in [6.07, 6.45) is 0. The summed E-state index contributed by atoms with van der Waals surface area (Å²) in [6.45, 7) is 1.81. The quantitative estimate of drug-likeness (QED) is 0.580. The molecular weight excluding hydrogens is 312 g/mol. The second kappa shape index (κ2) is 5.85. The first-order chi connectivity index (χ1) is 11.0. The SMILES string of the molecule is COC(=O)C1=C(C)Nc2nc(=S)[nH]c(N)c2C1c1ccccc1. The van der Waals surface area contributed by atoms with Gasteiger partial charge in [-0.2, -0.15) is 0 Å². The maximum absolute atomic E-state index is 12.3. The van der Waals surface area contributed by atoms with Gasteiger partial charge in [-0.3, -0.25) is 0 Å². The molecule has 118 valence electrons. The van der Waals surface area contributed by atoms with Gasteiger partial charge in [-0.25, -0.2) is 9.78 Å². The number of ether oxygens (including phenoxy) is 1. The standard InChI is InChI=1S/C16H16N4O2S/c1-8-10(15(21)22-2)11(9-6-4-3-5-7-9)12-13(17)19-16(23)20-14(12)18-8/h3-7,11H,1-2H3,(H4,17,18,19,20,23). The third-order valence-corrected chi connectivity index (χ3v) is 4.02. The lowest BCUT2D eigenvalue weighted by atomic mass is 9.82. The predicted molar refractivity (Wildman–Crippen MR) is 90.5 cm³/mol. The van der Waals surface area contributed by atoms with Crippen LogP contribution in [0.3, 0.4) is 0 Å². The van der Waals surface area contributed by atoms with Crippen LogP contribution in [0, 0.1) is 4.77 Å². The van der Waals surface area contributed by atoms with Gasteiger partial charge in [-0.05, 0) is 24.7 Å². The maximum Gasteiger partial charge on any atom is 0.336 e. The Morgan fingerprint density at radius 3 is 2.70 bits per heavy atom. The fourth-order valence-corrected chi connectivity index (χ4v) is 3.05. The van der Waals surface area contributed by atoms with Crippen molar-refractivity contribution in [3.05, 3.63) is 57.5 Å². The van der Waals surface area contributed by atoms with Crippen molar-refractivity contribution in [2.75, 3.05) is 18.2 Å². The number of methoxy groups -OCH3 is 1. The fourth-order valence-electron chi connectivity index (χ4n) is 2.85. The Morgan fingerprint density at radius 2 is 2.04 bits per heavy atom. The highest BCUT2D eigenvalue weighted by atomic mass is 32.1. The third kappa shape index (κ3) is 2.59. The van der Waals surface area contributed by atoms with Crippen LogP contribution >= 0.6 is 12.2 Å². The number of fused-ring (bicyclic) bond motifs is 1. The van der Waals surface area contributed by atoms with Crippen LogP contribution in [0.15, 0.2) is 41.6 Å². The van der Waals surface area contributed by atoms with E-state index in [0.717, 1.165) is 5.56 Å². The van der Waals surface area contributed by atoms with Gasteiger partial charge in [0, 0.05) is 11.3 Å². The molecule has 1 aromatic carbocycles. The largest absolute Gasteiger partial charge is 0.466 e. The molecule has 3 rings (SSSR count). The number of nitrogens with two attached hydrogens (primary N) is 1. The summed E-state index contributed by atoms with van der Waals surface area (Å²) in [5, 5.41) is 3.11. The fraction of sp³-hybridized carbons (Fsp3) is 0.188. The van der Waals surface area contributed by atoms with E-state index in [1.54, 1.807) is 0 Å². The summed E-state index contributed by atoms with van der Waals surface area (Å²) in [4.78, 5) is 19.5. The van der Waals surface area contributed by atoms with Crippen LogP contribution in [-0.2, 0) is 9.53 Å². The van der Waals surface area contributed by atoms with Crippen molar-refractivity contribution in [1.29, 1.82) is 0 Å². The van der Waals surface area contributed by atoms with Crippen molar-refractivity contribution in [1.82, 2.24) is 9.97 Å². The summed E-state index contributed by atoms with van der Waals surface area (Å²) in [5.74, 6) is 0.163. The molecule has 0 saturated heterocycles. The monoisotopic (exact) mass is 328 g/mol. The molecule has 1 unspecified atom stereocenters. The van der Waals surface area contributed by atoms with Gasteiger partial charge in [0.2, 0.25) is 0 Å². The van der Waals surface area contributed by atoms with E-state index in [9.17, 15) is 4.79 Å². The number of benzene rings is 1. The van der Waals surface area contributed by atoms with E-state index in [1.165, 1.54) is 7.11 Å². The van der Waals surface area contributed by atoms with Crippen LogP contribution in [0.2, 0.25) is 0 Å². The Bertz CT molecular complexity index is 858. The topological polar surface area (TPSA) is 93.0 Å². The number of carbonyl (C=O) groups is 1. The zero-order chi connectivity index (χ0) is 16.6. The summed E-state index contributed by atoms with van der Waals surface area (Å²) in [5.41, 5.74) is 8.93. The van der Waals surface area contributed by atoms with Gasteiger partial charge in [-0.15, -0.1) is 0 Å². The molecule has 2 aromatic rings. The van der Waals surface area contributed by atoms with Crippen molar-refractivity contribution in [3.63, 3.8) is 0 Å². The molecule has 0 radical (unpaired) electrons. The zero-order valence-electron chi connectivity index (χ0n) is 12.7. The number of nitrogens with zero attached hydrogens (tertiary/aromatic N) is 1. The highest BCUT2D eigenvalue weighted by Crippen LogP contribution is 2.43. The minimum atomic E-state index is -0.406. The van der Waals surface area contributed by atoms with Gasteiger partial charge >= 0.3 is 5.97 Å². The van der Waals surface area contributed by atoms with Crippen molar-refractivity contribution in [3.8, 4) is 0 Å². The van der Waals surface area contributed by atoms with Gasteiger partial charge in [0.15, 0.2) is 4.77 Å². The molecule has 1 atom stereocenters. The molecule has 4 N–H and O–H groups in total. The van der Waals surface area contributed by atoms with E-state index >= 15 is 0 Å². The molecule has 0 bridgehead atoms. The lowest BCUT2D eigenvalue weighted by Crippen LogP contribution is -2.26. The number of hydrogen-bond acceptors (Lipinski definition) is 6. The number of nitrogen functional groups attached to an aromatic ring is 1. The number of hydrogen-bond donors (Lipinski definition) is 3. The van der Waals surface area contributed by atoms with Crippen molar-refractivity contribution < 1.29 is 9.53 Å². The molecule has 7 heteroatoms. The lowest BCUT2D eigenvalue weighted by molar-refractivity contribution is -0.136. The number of aromatic nitrogens is 2. The number of nitrogens with one attached hydrogen (secondary N) is 2. The highest BCUT2D eigenvalue weighted by molar-refractivity contribution is 7.71. The maximum atomic E-state index is 12.3. The first-order valence-corrected chi connectivity index (χ1v) is 7.44. The molecule has 1 aromatic heterocycles. The Morgan fingerprint density at radius 1 is 1.35 bits per heavy atom. The molecule has 23 heavy (non-hydrogen) atoms. The minimum Gasteiger partial charge on any atom is -0.466 e. The van der Waals surface area contributed by atoms with Gasteiger partial charge in [0.05, 0.1) is 18.6 Å². The molecule has 6 nitrogen and oxygen atoms in total. The van der Waals surface area contributed by atoms with Crippen LogP contribution in [0.5, 0.6) is 0 Å². The van der Waals surface area contributed by atoms with Gasteiger partial charge in [-0.1, -0.05) is 30.3 Å². The lowest BCUT2D eigenvalue weighted by Gasteiger charge is -2.29. The average molecular weight is 328 g/mol. The second-order valence-corrected chi connectivity index (χ2v) is 5.60. The average Bonchev–Trinajstić information content (AvgIpc) is 2.53. The molecule has 0 spiro atoms. The number of allylic oxidation sites excluding steroid dienone is 1. The van der Waals surface area contributed by atoms with Crippen LogP contribution in [0.1, 0.15) is 24.0 Å². The van der Waals surface area contributed by atoms with Crippen LogP contribution in [-0.4, -0.2) is 23.0 Å². The summed E-state index contributed by atoms with van der Waals surface area (Å²) >= 11 is 5.09. The van der Waals surface area contributed by atoms with E-state index < -0.39 is 5.97 Å². The smallest absolute Gasteiger partial charge is 0.336 e. The summed E-state index contributed by atoms with van der Waals surface area (Å²) < 4.78 is 5.25. The molecular formula is C16H16N4O2S. The number of H-pyrrole nitrogens is 1. The molecule has 0 fully saturated rings. The number of rotatable bonds is 2. The van der Waals surface area contributed by atoms with E-state index in [-0.39, 0.29) is 10.7 Å². The molecule has 1 aliphatic rings. The Hall–Kier alpha value is -2.67. The third-order valence-electron chi connectivity index (χ3n) is 3.83. The first kappa shape index (κ1) is 15.2. The van der Waals surface area contributed by atoms with E-state index in [4.69, 9.17) is 22.7 Å². The Labute approximate surface area is 138 Å². The molecule has 0 amide bonds. The van der Waals surface area contributed by atoms with E-state index in [0.29, 0.717) is 28.5 Å². The molecule has 1 aliphatic heterocycles. The van der Waals surface area contributed by atoms with E-state index in [1.807, 2.05) is 37.3 Å². The predicted octanol–water partition coefficient (Wildman–Crippen LogP) is 2.73. The highest BCUT2D eigenvalue weighted by Gasteiger charge is 2.35. The number of carbonyl (C=O) groups excluding carboxylic acids is 1.